The lowest BCUT2D eigenvalue weighted by Crippen LogP contribution is -2.62. The molecule has 2 heterocycles. The molecule has 10 atom stereocenters. The number of rotatable bonds is 30. The summed E-state index contributed by atoms with van der Waals surface area (Å²) in [5.41, 5.74) is 5.34. The van der Waals surface area contributed by atoms with Crippen LogP contribution < -0.4 is 43.0 Å². The summed E-state index contributed by atoms with van der Waals surface area (Å²) in [6.45, 7) is 16.7. The van der Waals surface area contributed by atoms with E-state index < -0.39 is 132 Å². The third-order valence-electron chi connectivity index (χ3n) is 13.0. The number of aliphatic hydroxyl groups excluding tert-OH is 1. The maximum absolute atomic E-state index is 14.2. The van der Waals surface area contributed by atoms with Gasteiger partial charge in [0.2, 0.25) is 59.1 Å². The Morgan fingerprint density at radius 1 is 0.597 bits per heavy atom. The van der Waals surface area contributed by atoms with Crippen LogP contribution in [-0.2, 0) is 52.7 Å². The highest BCUT2D eigenvalue weighted by Crippen LogP contribution is 2.23. The zero-order valence-electron chi connectivity index (χ0n) is 44.2. The summed E-state index contributed by atoms with van der Waals surface area (Å²) in [5.74, 6) is -7.22. The molecule has 0 radical (unpaired) electrons. The molecule has 2 aliphatic heterocycles. The number of nitrogens with zero attached hydrogens (tertiary/aromatic N) is 2. The smallest absolute Gasteiger partial charge is 0.248 e. The Morgan fingerprint density at radius 3 is 1.53 bits per heavy atom. The van der Waals surface area contributed by atoms with Gasteiger partial charge in [0.15, 0.2) is 5.78 Å². The molecule has 10 amide bonds. The maximum atomic E-state index is 14.2. The van der Waals surface area contributed by atoms with Crippen molar-refractivity contribution in [2.45, 2.75) is 188 Å². The van der Waals surface area contributed by atoms with E-state index in [-0.39, 0.29) is 62.8 Å². The molecule has 0 spiro atoms. The summed E-state index contributed by atoms with van der Waals surface area (Å²) < 4.78 is 0. The molecule has 22 nitrogen and oxygen atoms in total. The first-order valence-electron chi connectivity index (χ1n) is 25.4. The summed E-state index contributed by atoms with van der Waals surface area (Å²) in [7, 11) is 0. The van der Waals surface area contributed by atoms with Crippen LogP contribution in [0, 0.1) is 23.7 Å². The Bertz CT molecular complexity index is 1920. The third kappa shape index (κ3) is 19.6. The number of thioether (sulfide) groups is 1. The Labute approximate surface area is 429 Å². The Morgan fingerprint density at radius 2 is 1.07 bits per heavy atom. The number of primary amides is 1. The van der Waals surface area contributed by atoms with Gasteiger partial charge in [0.05, 0.1) is 12.6 Å². The number of carbonyl (C=O) groups excluding carboxylic acids is 11. The third-order valence-corrected chi connectivity index (χ3v) is 13.6. The summed E-state index contributed by atoms with van der Waals surface area (Å²) >= 11 is 1.43. The minimum atomic E-state index is -1.59. The molecule has 0 saturated carbocycles. The van der Waals surface area contributed by atoms with Crippen molar-refractivity contribution in [1.29, 1.82) is 0 Å². The van der Waals surface area contributed by atoms with Crippen LogP contribution in [0.5, 0.6) is 0 Å². The van der Waals surface area contributed by atoms with Gasteiger partial charge in [-0.3, -0.25) is 52.7 Å². The van der Waals surface area contributed by atoms with Crippen LogP contribution >= 0.6 is 11.8 Å². The lowest BCUT2D eigenvalue weighted by molar-refractivity contribution is -0.144. The molecule has 2 saturated heterocycles. The minimum Gasteiger partial charge on any atom is -0.394 e. The van der Waals surface area contributed by atoms with E-state index in [2.05, 4.69) is 37.2 Å². The molecular formula is C49H84N10O12S. The van der Waals surface area contributed by atoms with Gasteiger partial charge in [0, 0.05) is 26.4 Å². The fraction of sp³-hybridized carbons (Fsp3) is 0.776. The van der Waals surface area contributed by atoms with Crippen molar-refractivity contribution >= 4 is 76.6 Å². The zero-order valence-corrected chi connectivity index (χ0v) is 45.0. The molecule has 0 bridgehead atoms. The van der Waals surface area contributed by atoms with Crippen LogP contribution in [0.1, 0.15) is 133 Å². The van der Waals surface area contributed by atoms with Crippen LogP contribution in [0.15, 0.2) is 0 Å². The van der Waals surface area contributed by atoms with Gasteiger partial charge in [-0.05, 0) is 94.0 Å². The van der Waals surface area contributed by atoms with Crippen molar-refractivity contribution in [3.8, 4) is 0 Å². The second-order valence-corrected chi connectivity index (χ2v) is 21.3. The number of aliphatic hydroxyl groups is 1. The molecule has 2 rings (SSSR count). The van der Waals surface area contributed by atoms with Gasteiger partial charge in [-0.2, -0.15) is 11.8 Å². The first-order chi connectivity index (χ1) is 33.8. The molecule has 0 aromatic carbocycles. The predicted octanol–water partition coefficient (Wildman–Crippen LogP) is -0.224. The number of amides is 10. The number of nitrogens with one attached hydrogen (secondary N) is 7. The Hall–Kier alpha value is -5.32. The molecule has 2 aliphatic rings. The molecular weight excluding hydrogens is 953 g/mol. The lowest BCUT2D eigenvalue weighted by atomic mass is 9.95. The lowest BCUT2D eigenvalue weighted by Gasteiger charge is -2.33. The molecule has 2 fully saturated rings. The van der Waals surface area contributed by atoms with E-state index in [4.69, 9.17) is 5.73 Å². The van der Waals surface area contributed by atoms with Crippen molar-refractivity contribution in [3.05, 3.63) is 0 Å². The fourth-order valence-electron chi connectivity index (χ4n) is 8.79. The van der Waals surface area contributed by atoms with Gasteiger partial charge in [0.25, 0.3) is 0 Å². The van der Waals surface area contributed by atoms with Gasteiger partial charge >= 0.3 is 0 Å². The van der Waals surface area contributed by atoms with E-state index in [1.165, 1.54) is 35.4 Å². The van der Waals surface area contributed by atoms with Gasteiger partial charge in [-0.15, -0.1) is 0 Å². The van der Waals surface area contributed by atoms with Gasteiger partial charge in [-0.1, -0.05) is 61.8 Å². The van der Waals surface area contributed by atoms with E-state index in [0.717, 1.165) is 0 Å². The van der Waals surface area contributed by atoms with Crippen LogP contribution in [0.4, 0.5) is 0 Å². The number of Topliss-reactive ketones (excluding diaryl/α,β-unsaturated/α-hetero) is 1. The quantitative estimate of drug-likeness (QED) is 0.0450. The van der Waals surface area contributed by atoms with Gasteiger partial charge in [0.1, 0.15) is 48.3 Å². The first kappa shape index (κ1) is 62.8. The second kappa shape index (κ2) is 30.7. The molecule has 0 aliphatic carbocycles. The molecule has 72 heavy (non-hydrogen) atoms. The molecule has 0 aromatic heterocycles. The van der Waals surface area contributed by atoms with Crippen molar-refractivity contribution in [2.24, 2.45) is 29.4 Å². The molecule has 10 N–H and O–H groups in total. The highest BCUT2D eigenvalue weighted by atomic mass is 32.2. The summed E-state index contributed by atoms with van der Waals surface area (Å²) in [5, 5.41) is 29.1. The largest absolute Gasteiger partial charge is 0.394 e. The topological polar surface area (TPSA) is 325 Å². The van der Waals surface area contributed by atoms with Crippen molar-refractivity contribution in [2.75, 3.05) is 31.7 Å². The SMILES string of the molecule is CC[C@H](C)[C@H](NC(=O)[C@@H]1CCCN1C(=O)[C@H](CO)NC(=O)[C@H](CCC(N)=O)NC(=O)[C@H](CCSC)NC(C)=O)C(=O)N[C@H](C(=O)N[C@@H](CC(C)C)C(=O)N1CCC[C@H]1C(=O)N[C@@H](CC(C)C)C(C)=O)C(C)C. The highest BCUT2D eigenvalue weighted by Gasteiger charge is 2.43. The van der Waals surface area contributed by atoms with E-state index in [0.29, 0.717) is 37.9 Å². The number of hydrogen-bond donors (Lipinski definition) is 9. The number of ketones is 1. The monoisotopic (exact) mass is 1040 g/mol. The molecule has 408 valence electrons. The molecule has 0 unspecified atom stereocenters. The predicted molar refractivity (Wildman–Crippen MR) is 271 cm³/mol. The van der Waals surface area contributed by atoms with Crippen molar-refractivity contribution in [3.63, 3.8) is 0 Å². The fourth-order valence-corrected chi connectivity index (χ4v) is 9.26. The summed E-state index contributed by atoms with van der Waals surface area (Å²) in [6.07, 6.45) is 4.01. The first-order valence-corrected chi connectivity index (χ1v) is 26.8. The average Bonchev–Trinajstić information content (AvgIpc) is 4.01. The molecule has 0 aromatic rings. The number of carbonyl (C=O) groups is 11. The van der Waals surface area contributed by atoms with Gasteiger partial charge in [-0.25, -0.2) is 0 Å². The van der Waals surface area contributed by atoms with E-state index in [1.54, 1.807) is 20.8 Å². The van der Waals surface area contributed by atoms with E-state index in [9.17, 15) is 57.8 Å². The van der Waals surface area contributed by atoms with Crippen LogP contribution in [0.2, 0.25) is 0 Å². The molecule has 23 heteroatoms. The Kier molecular flexibility index (Phi) is 26.7. The number of likely N-dealkylation sites (tertiary alicyclic amines) is 2. The number of hydrogen-bond acceptors (Lipinski definition) is 13. The van der Waals surface area contributed by atoms with Crippen molar-refractivity contribution in [1.82, 2.24) is 47.0 Å². The van der Waals surface area contributed by atoms with Gasteiger partial charge < -0.3 is 57.9 Å². The standard InChI is InChI=1S/C49H84N10O12S/c1-12-29(8)41(47(69)56-40(28(6)7)46(68)54-35(24-27(4)5)48(70)58-20-13-15-37(58)44(66)53-34(30(9)61)23-26(2)3)57-45(67)38-16-14-21-59(38)49(71)36(25-60)55-42(64)32(17-18-39(50)63)52-43(65)33(19-22-72-11)51-31(10)62/h26-29,32-38,40-41,60H,12-25H2,1-11H3,(H2,50,63)(H,51,62)(H,52,65)(H,53,66)(H,54,68)(H,55,64)(H,56,69)(H,57,67)/t29-,32-,33-,34-,35-,36-,37-,38-,40-,41-/m0/s1. The van der Waals surface area contributed by atoms with Crippen LogP contribution in [0.25, 0.3) is 0 Å². The zero-order chi connectivity index (χ0) is 54.6. The summed E-state index contributed by atoms with van der Waals surface area (Å²) in [6, 6.07) is -10.1. The maximum Gasteiger partial charge on any atom is 0.248 e. The number of nitrogens with two attached hydrogens (primary N) is 1. The van der Waals surface area contributed by atoms with Crippen molar-refractivity contribution < 1.29 is 57.8 Å². The second-order valence-electron chi connectivity index (χ2n) is 20.3. The van der Waals surface area contributed by atoms with Crippen LogP contribution in [-0.4, -0.2) is 166 Å². The highest BCUT2D eigenvalue weighted by molar-refractivity contribution is 7.98. The van der Waals surface area contributed by atoms with Crippen LogP contribution in [0.3, 0.4) is 0 Å². The normalized spacial score (nSPS) is 19.0. The average molecular weight is 1040 g/mol. The minimum absolute atomic E-state index is 0.0605. The summed E-state index contributed by atoms with van der Waals surface area (Å²) in [4.78, 5) is 150. The van der Waals surface area contributed by atoms with E-state index >= 15 is 0 Å². The Balaban J connectivity index is 2.29. The van der Waals surface area contributed by atoms with E-state index in [1.807, 2.05) is 40.9 Å².